The zero-order chi connectivity index (χ0) is 26.4. The molecule has 1 saturated heterocycles. The lowest BCUT2D eigenvalue weighted by Crippen LogP contribution is -2.47. The van der Waals surface area contributed by atoms with E-state index < -0.39 is 0 Å². The average Bonchev–Trinajstić information content (AvgIpc) is 3.40. The molecule has 1 fully saturated rings. The molecule has 2 atom stereocenters. The van der Waals surface area contributed by atoms with E-state index >= 15 is 0 Å². The molecule has 1 amide bonds. The van der Waals surface area contributed by atoms with Crippen molar-refractivity contribution in [1.82, 2.24) is 9.80 Å². The number of halogens is 3. The number of benzene rings is 3. The summed E-state index contributed by atoms with van der Waals surface area (Å²) in [5.41, 5.74) is 4.75. The Labute approximate surface area is 242 Å². The number of fused-ring (bicyclic) bond motifs is 1. The average molecular weight is 574 g/mol. The lowest BCUT2D eigenvalue weighted by Gasteiger charge is -2.43. The highest BCUT2D eigenvalue weighted by Crippen LogP contribution is 2.40. The van der Waals surface area contributed by atoms with Crippen molar-refractivity contribution in [2.45, 2.75) is 45.1 Å². The highest BCUT2D eigenvalue weighted by Gasteiger charge is 2.37. The molecule has 0 bridgehead atoms. The lowest BCUT2D eigenvalue weighted by atomic mass is 9.81. The Kier molecular flexibility index (Phi) is 11.2. The van der Waals surface area contributed by atoms with Crippen molar-refractivity contribution in [3.63, 3.8) is 0 Å². The van der Waals surface area contributed by atoms with Crippen molar-refractivity contribution in [1.29, 1.82) is 0 Å². The smallest absolute Gasteiger partial charge is 0.227 e. The Morgan fingerprint density at radius 1 is 0.842 bits per heavy atom. The van der Waals surface area contributed by atoms with E-state index in [0.29, 0.717) is 23.0 Å². The van der Waals surface area contributed by atoms with E-state index in [-0.39, 0.29) is 36.1 Å². The summed E-state index contributed by atoms with van der Waals surface area (Å²) < 4.78 is 0. The number of carbonyl (C=O) groups is 2. The van der Waals surface area contributed by atoms with Crippen molar-refractivity contribution in [2.24, 2.45) is 0 Å². The van der Waals surface area contributed by atoms with Gasteiger partial charge in [-0.15, -0.1) is 12.4 Å². The standard InChI is InChI=1S/C28H28Cl2N2O.C3H6O.ClH/c29-25-13-12-20(16-26(25)30)17-28(33)32-18-24(21-8-2-1-3-9-21)22-10-4-5-11-23(22)27(32)19-31-14-6-7-15-31;1-3(2)4;/h1-5,8-13,16,24,27H,6-7,14-15,17-19H2;1-2H3;1H. The van der Waals surface area contributed by atoms with Gasteiger partial charge >= 0.3 is 0 Å². The van der Waals surface area contributed by atoms with Crippen LogP contribution in [0.4, 0.5) is 0 Å². The number of rotatable bonds is 5. The van der Waals surface area contributed by atoms with Crippen LogP contribution in [0.2, 0.25) is 10.0 Å². The van der Waals surface area contributed by atoms with Gasteiger partial charge in [0.25, 0.3) is 0 Å². The molecule has 4 nitrogen and oxygen atoms in total. The molecule has 38 heavy (non-hydrogen) atoms. The molecule has 0 N–H and O–H groups in total. The topological polar surface area (TPSA) is 40.6 Å². The molecular weight excluding hydrogens is 539 g/mol. The van der Waals surface area contributed by atoms with Crippen LogP contribution in [0.25, 0.3) is 0 Å². The maximum atomic E-state index is 13.8. The maximum absolute atomic E-state index is 13.8. The molecular formula is C31H35Cl3N2O2. The van der Waals surface area contributed by atoms with Crippen molar-refractivity contribution in [3.05, 3.63) is 105 Å². The van der Waals surface area contributed by atoms with Gasteiger partial charge in [0.15, 0.2) is 0 Å². The van der Waals surface area contributed by atoms with Gasteiger partial charge in [0, 0.05) is 19.0 Å². The Morgan fingerprint density at radius 3 is 2.08 bits per heavy atom. The first-order valence-electron chi connectivity index (χ1n) is 12.9. The highest BCUT2D eigenvalue weighted by molar-refractivity contribution is 6.42. The van der Waals surface area contributed by atoms with Gasteiger partial charge in [-0.1, -0.05) is 83.9 Å². The van der Waals surface area contributed by atoms with Crippen LogP contribution >= 0.6 is 35.6 Å². The van der Waals surface area contributed by atoms with E-state index in [9.17, 15) is 9.59 Å². The zero-order valence-corrected chi connectivity index (χ0v) is 24.2. The molecule has 3 aromatic rings. The van der Waals surface area contributed by atoms with Crippen LogP contribution in [0.1, 0.15) is 60.9 Å². The van der Waals surface area contributed by atoms with Crippen molar-refractivity contribution in [2.75, 3.05) is 26.2 Å². The minimum absolute atomic E-state index is 0. The Balaban J connectivity index is 0.000000749. The third kappa shape index (κ3) is 7.60. The van der Waals surface area contributed by atoms with Crippen LogP contribution in [0, 0.1) is 0 Å². The fraction of sp³-hybridized carbons (Fsp3) is 0.355. The molecule has 2 unspecified atom stereocenters. The Morgan fingerprint density at radius 2 is 1.45 bits per heavy atom. The SMILES string of the molecule is CC(C)=O.Cl.O=C(Cc1ccc(Cl)c(Cl)c1)N1CC(c2ccccc2)c2ccccc2C1CN1CCCC1. The van der Waals surface area contributed by atoms with E-state index in [4.69, 9.17) is 23.2 Å². The third-order valence-corrected chi connectivity index (χ3v) is 7.72. The summed E-state index contributed by atoms with van der Waals surface area (Å²) in [4.78, 5) is 27.8. The van der Waals surface area contributed by atoms with Crippen LogP contribution in [-0.2, 0) is 16.0 Å². The van der Waals surface area contributed by atoms with Crippen molar-refractivity contribution < 1.29 is 9.59 Å². The normalized spacial score (nSPS) is 18.6. The zero-order valence-electron chi connectivity index (χ0n) is 21.9. The summed E-state index contributed by atoms with van der Waals surface area (Å²) in [7, 11) is 0. The van der Waals surface area contributed by atoms with E-state index in [1.54, 1.807) is 6.07 Å². The first-order valence-corrected chi connectivity index (χ1v) is 13.7. The molecule has 5 rings (SSSR count). The highest BCUT2D eigenvalue weighted by atomic mass is 35.5. The molecule has 2 aliphatic rings. The number of carbonyl (C=O) groups excluding carboxylic acids is 2. The summed E-state index contributed by atoms with van der Waals surface area (Å²) in [5, 5.41) is 0.998. The minimum Gasteiger partial charge on any atom is -0.333 e. The molecule has 3 aromatic carbocycles. The predicted octanol–water partition coefficient (Wildman–Crippen LogP) is 7.36. The van der Waals surface area contributed by atoms with E-state index in [2.05, 4.69) is 58.3 Å². The number of nitrogens with zero attached hydrogens (tertiary/aromatic N) is 2. The number of amides is 1. The van der Waals surface area contributed by atoms with Crippen molar-refractivity contribution >= 4 is 47.3 Å². The van der Waals surface area contributed by atoms with Gasteiger partial charge in [0.05, 0.1) is 22.5 Å². The molecule has 0 saturated carbocycles. The van der Waals surface area contributed by atoms with Gasteiger partial charge in [-0.3, -0.25) is 4.79 Å². The third-order valence-electron chi connectivity index (χ3n) is 6.98. The van der Waals surface area contributed by atoms with Gasteiger partial charge in [0.1, 0.15) is 5.78 Å². The molecule has 0 aromatic heterocycles. The molecule has 2 aliphatic heterocycles. The summed E-state index contributed by atoms with van der Waals surface area (Å²) >= 11 is 12.3. The Bertz CT molecular complexity index is 1220. The second-order valence-corrected chi connectivity index (χ2v) is 10.8. The van der Waals surface area contributed by atoms with E-state index in [1.807, 2.05) is 18.2 Å². The molecule has 202 valence electrons. The summed E-state index contributed by atoms with van der Waals surface area (Å²) in [6, 6.07) is 24.7. The van der Waals surface area contributed by atoms with Gasteiger partial charge in [0.2, 0.25) is 5.91 Å². The molecule has 2 heterocycles. The fourth-order valence-corrected chi connectivity index (χ4v) is 5.62. The Hall–Kier alpha value is -2.37. The van der Waals surface area contributed by atoms with Gasteiger partial charge in [-0.25, -0.2) is 0 Å². The monoisotopic (exact) mass is 572 g/mol. The lowest BCUT2D eigenvalue weighted by molar-refractivity contribution is -0.134. The predicted molar refractivity (Wildman–Crippen MR) is 159 cm³/mol. The van der Waals surface area contributed by atoms with Crippen LogP contribution < -0.4 is 0 Å². The van der Waals surface area contributed by atoms with Gasteiger partial charge in [-0.2, -0.15) is 0 Å². The van der Waals surface area contributed by atoms with Crippen molar-refractivity contribution in [3.8, 4) is 0 Å². The fourth-order valence-electron chi connectivity index (χ4n) is 5.30. The molecule has 0 spiro atoms. The quantitative estimate of drug-likeness (QED) is 0.320. The summed E-state index contributed by atoms with van der Waals surface area (Å²) in [5.74, 6) is 0.461. The molecule has 7 heteroatoms. The first kappa shape index (κ1) is 30.2. The summed E-state index contributed by atoms with van der Waals surface area (Å²) in [6.45, 7) is 6.83. The van der Waals surface area contributed by atoms with Gasteiger partial charge in [-0.05, 0) is 74.2 Å². The number of likely N-dealkylation sites (tertiary alicyclic amines) is 1. The number of Topliss-reactive ketones (excluding diaryl/α,β-unsaturated/α-hetero) is 1. The van der Waals surface area contributed by atoms with E-state index in [1.165, 1.54) is 43.4 Å². The van der Waals surface area contributed by atoms with Crippen LogP contribution in [0.3, 0.4) is 0 Å². The van der Waals surface area contributed by atoms with Crippen LogP contribution in [-0.4, -0.2) is 47.7 Å². The second-order valence-electron chi connectivity index (χ2n) is 10.00. The minimum atomic E-state index is 0. The first-order chi connectivity index (χ1) is 17.8. The van der Waals surface area contributed by atoms with Crippen LogP contribution in [0.5, 0.6) is 0 Å². The maximum Gasteiger partial charge on any atom is 0.227 e. The number of ketones is 1. The molecule has 0 radical (unpaired) electrons. The number of hydrogen-bond donors (Lipinski definition) is 0. The summed E-state index contributed by atoms with van der Waals surface area (Å²) in [6.07, 6.45) is 2.79. The number of hydrogen-bond acceptors (Lipinski definition) is 3. The second kappa shape index (κ2) is 14.1. The molecule has 0 aliphatic carbocycles. The largest absolute Gasteiger partial charge is 0.333 e. The van der Waals surface area contributed by atoms with Gasteiger partial charge < -0.3 is 14.6 Å². The van der Waals surface area contributed by atoms with Crippen LogP contribution in [0.15, 0.2) is 72.8 Å². The van der Waals surface area contributed by atoms with E-state index in [0.717, 1.165) is 25.2 Å².